The molecule has 7 heteroatoms. The van der Waals surface area contributed by atoms with Gasteiger partial charge in [0.2, 0.25) is 0 Å². The summed E-state index contributed by atoms with van der Waals surface area (Å²) >= 11 is 1.38. The summed E-state index contributed by atoms with van der Waals surface area (Å²) in [5.41, 5.74) is -0.282. The number of amides is 1. The minimum absolute atomic E-state index is 0.190. The molecule has 3 nitrogen and oxygen atoms in total. The molecule has 1 heterocycles. The number of rotatable bonds is 3. The fraction of sp³-hybridized carbons (Fsp3) is 0.263. The highest BCUT2D eigenvalue weighted by molar-refractivity contribution is 8.14. The van der Waals surface area contributed by atoms with Gasteiger partial charge in [0.25, 0.3) is 5.91 Å². The first-order valence-corrected chi connectivity index (χ1v) is 9.10. The number of nitrogens with zero attached hydrogens (tertiary/aromatic N) is 2. The second-order valence-corrected chi connectivity index (χ2v) is 6.91. The molecule has 0 spiro atoms. The van der Waals surface area contributed by atoms with Crippen molar-refractivity contribution in [2.24, 2.45) is 4.99 Å². The maximum Gasteiger partial charge on any atom is 0.417 e. The van der Waals surface area contributed by atoms with Gasteiger partial charge in [-0.05, 0) is 24.6 Å². The molecule has 1 aliphatic heterocycles. The number of amidine groups is 1. The molecule has 0 radical (unpaired) electrons. The van der Waals surface area contributed by atoms with E-state index >= 15 is 0 Å². The molecule has 0 bridgehead atoms. The van der Waals surface area contributed by atoms with E-state index in [1.54, 1.807) is 0 Å². The second kappa shape index (κ2) is 7.53. The van der Waals surface area contributed by atoms with Crippen LogP contribution in [0.4, 0.5) is 13.2 Å². The van der Waals surface area contributed by atoms with Gasteiger partial charge < -0.3 is 0 Å². The molecule has 1 fully saturated rings. The van der Waals surface area contributed by atoms with Crippen molar-refractivity contribution in [2.75, 3.05) is 12.3 Å². The lowest BCUT2D eigenvalue weighted by Gasteiger charge is -2.20. The molecule has 0 aliphatic carbocycles. The highest BCUT2D eigenvalue weighted by Gasteiger charge is 2.37. The molecule has 1 saturated heterocycles. The zero-order chi connectivity index (χ0) is 18.7. The zero-order valence-corrected chi connectivity index (χ0v) is 14.8. The van der Waals surface area contributed by atoms with E-state index in [4.69, 9.17) is 0 Å². The Morgan fingerprint density at radius 1 is 1.12 bits per heavy atom. The Labute approximate surface area is 153 Å². The number of carbonyl (C=O) groups is 1. The fourth-order valence-corrected chi connectivity index (χ4v) is 3.75. The van der Waals surface area contributed by atoms with E-state index in [1.165, 1.54) is 34.9 Å². The summed E-state index contributed by atoms with van der Waals surface area (Å²) < 4.78 is 39.7. The van der Waals surface area contributed by atoms with Crippen LogP contribution in [0.15, 0.2) is 59.6 Å². The Morgan fingerprint density at radius 3 is 2.46 bits per heavy atom. The van der Waals surface area contributed by atoms with E-state index < -0.39 is 17.6 Å². The van der Waals surface area contributed by atoms with Gasteiger partial charge in [-0.2, -0.15) is 13.2 Å². The number of benzene rings is 2. The maximum atomic E-state index is 13.2. The third-order valence-electron chi connectivity index (χ3n) is 4.07. The first-order chi connectivity index (χ1) is 12.4. The van der Waals surface area contributed by atoms with Crippen molar-refractivity contribution in [3.63, 3.8) is 0 Å². The highest BCUT2D eigenvalue weighted by Crippen LogP contribution is 2.33. The molecule has 26 heavy (non-hydrogen) atoms. The van der Waals surface area contributed by atoms with Gasteiger partial charge in [-0.3, -0.25) is 14.7 Å². The van der Waals surface area contributed by atoms with Crippen LogP contribution < -0.4 is 0 Å². The van der Waals surface area contributed by atoms with Crippen LogP contribution in [0.1, 0.15) is 34.5 Å². The first-order valence-electron chi connectivity index (χ1n) is 8.11. The van der Waals surface area contributed by atoms with Crippen molar-refractivity contribution in [1.29, 1.82) is 0 Å². The standard InChI is InChI=1S/C19H17F3N2OS/c1-13(14-7-3-2-4-8-14)23-18-24(11-12-26-18)17(25)15-9-5-6-10-16(15)19(20,21)22/h2-10,13H,11-12H2,1H3. The monoisotopic (exact) mass is 378 g/mol. The smallest absolute Gasteiger partial charge is 0.287 e. The van der Waals surface area contributed by atoms with Gasteiger partial charge in [-0.25, -0.2) is 0 Å². The van der Waals surface area contributed by atoms with Crippen LogP contribution >= 0.6 is 11.8 Å². The third kappa shape index (κ3) is 3.93. The molecular weight excluding hydrogens is 361 g/mol. The molecule has 3 rings (SSSR count). The van der Waals surface area contributed by atoms with Crippen molar-refractivity contribution in [2.45, 2.75) is 19.1 Å². The summed E-state index contributed by atoms with van der Waals surface area (Å²) in [5, 5.41) is 0.461. The largest absolute Gasteiger partial charge is 0.417 e. The van der Waals surface area contributed by atoms with Crippen LogP contribution in [0.3, 0.4) is 0 Å². The molecule has 0 saturated carbocycles. The van der Waals surface area contributed by atoms with Crippen molar-refractivity contribution in [3.05, 3.63) is 71.3 Å². The quantitative estimate of drug-likeness (QED) is 0.752. The Kier molecular flexibility index (Phi) is 5.36. The van der Waals surface area contributed by atoms with Gasteiger partial charge in [0.1, 0.15) is 0 Å². The minimum Gasteiger partial charge on any atom is -0.287 e. The predicted molar refractivity (Wildman–Crippen MR) is 97.2 cm³/mol. The molecule has 2 aromatic rings. The van der Waals surface area contributed by atoms with Crippen LogP contribution in [0.5, 0.6) is 0 Å². The summed E-state index contributed by atoms with van der Waals surface area (Å²) in [5.74, 6) is -0.0535. The number of thioether (sulfide) groups is 1. The average molecular weight is 378 g/mol. The predicted octanol–water partition coefficient (Wildman–Crippen LogP) is 5.01. The van der Waals surface area contributed by atoms with E-state index in [0.717, 1.165) is 11.6 Å². The van der Waals surface area contributed by atoms with Crippen LogP contribution in [-0.4, -0.2) is 28.3 Å². The number of hydrogen-bond donors (Lipinski definition) is 0. The van der Waals surface area contributed by atoms with Gasteiger partial charge in [0.05, 0.1) is 17.2 Å². The van der Waals surface area contributed by atoms with Crippen molar-refractivity contribution < 1.29 is 18.0 Å². The topological polar surface area (TPSA) is 32.7 Å². The van der Waals surface area contributed by atoms with Gasteiger partial charge in [-0.1, -0.05) is 54.2 Å². The Morgan fingerprint density at radius 2 is 1.77 bits per heavy atom. The van der Waals surface area contributed by atoms with Gasteiger partial charge in [-0.15, -0.1) is 0 Å². The molecule has 0 N–H and O–H groups in total. The molecular formula is C19H17F3N2OS. The van der Waals surface area contributed by atoms with E-state index in [0.29, 0.717) is 17.5 Å². The van der Waals surface area contributed by atoms with E-state index in [1.807, 2.05) is 37.3 Å². The van der Waals surface area contributed by atoms with Gasteiger partial charge in [0.15, 0.2) is 5.17 Å². The number of alkyl halides is 3. The van der Waals surface area contributed by atoms with Crippen LogP contribution in [0, 0.1) is 0 Å². The normalized spacial score (nSPS) is 17.5. The van der Waals surface area contributed by atoms with E-state index in [-0.39, 0.29) is 11.6 Å². The van der Waals surface area contributed by atoms with Crippen molar-refractivity contribution >= 4 is 22.8 Å². The summed E-state index contributed by atoms with van der Waals surface area (Å²) in [6, 6.07) is 14.2. The SMILES string of the molecule is CC(N=C1SCCN1C(=O)c1ccccc1C(F)(F)F)c1ccccc1. The molecule has 1 unspecified atom stereocenters. The van der Waals surface area contributed by atoms with E-state index in [2.05, 4.69) is 4.99 Å². The fourth-order valence-electron chi connectivity index (χ4n) is 2.73. The lowest BCUT2D eigenvalue weighted by atomic mass is 10.1. The number of carbonyl (C=O) groups excluding carboxylic acids is 1. The molecule has 1 amide bonds. The highest BCUT2D eigenvalue weighted by atomic mass is 32.2. The van der Waals surface area contributed by atoms with Gasteiger partial charge >= 0.3 is 6.18 Å². The summed E-state index contributed by atoms with van der Waals surface area (Å²) in [4.78, 5) is 18.7. The van der Waals surface area contributed by atoms with Crippen LogP contribution in [-0.2, 0) is 6.18 Å². The summed E-state index contributed by atoms with van der Waals surface area (Å²) in [6.45, 7) is 2.24. The Bertz CT molecular complexity index is 821. The van der Waals surface area contributed by atoms with Crippen molar-refractivity contribution in [3.8, 4) is 0 Å². The third-order valence-corrected chi connectivity index (χ3v) is 5.04. The van der Waals surface area contributed by atoms with E-state index in [9.17, 15) is 18.0 Å². The van der Waals surface area contributed by atoms with Crippen LogP contribution in [0.2, 0.25) is 0 Å². The second-order valence-electron chi connectivity index (χ2n) is 5.85. The van der Waals surface area contributed by atoms with Gasteiger partial charge in [0, 0.05) is 12.3 Å². The Hall–Kier alpha value is -2.28. The molecule has 1 aliphatic rings. The molecule has 0 aromatic heterocycles. The lowest BCUT2D eigenvalue weighted by Crippen LogP contribution is -2.33. The molecule has 1 atom stereocenters. The summed E-state index contributed by atoms with van der Waals surface area (Å²) in [7, 11) is 0. The van der Waals surface area contributed by atoms with Crippen molar-refractivity contribution in [1.82, 2.24) is 4.90 Å². The average Bonchev–Trinajstić information content (AvgIpc) is 3.09. The lowest BCUT2D eigenvalue weighted by molar-refractivity contribution is -0.138. The number of halogens is 3. The Balaban J connectivity index is 1.89. The summed E-state index contributed by atoms with van der Waals surface area (Å²) in [6.07, 6.45) is -4.58. The number of hydrogen-bond acceptors (Lipinski definition) is 3. The molecule has 136 valence electrons. The molecule has 2 aromatic carbocycles. The zero-order valence-electron chi connectivity index (χ0n) is 14.0. The first kappa shape index (κ1) is 18.5. The van der Waals surface area contributed by atoms with Crippen LogP contribution in [0.25, 0.3) is 0 Å². The number of aliphatic imine (C=N–C) groups is 1. The minimum atomic E-state index is -4.58. The maximum absolute atomic E-state index is 13.2.